The maximum atomic E-state index is 13.2. The highest BCUT2D eigenvalue weighted by atomic mass is 16.7. The molecule has 6 nitrogen and oxygen atoms in total. The van der Waals surface area contributed by atoms with E-state index >= 15 is 0 Å². The Bertz CT molecular complexity index is 1220. The molecule has 0 saturated heterocycles. The Morgan fingerprint density at radius 1 is 0.939 bits per heavy atom. The molecule has 0 bridgehead atoms. The van der Waals surface area contributed by atoms with Gasteiger partial charge in [0.2, 0.25) is 12.7 Å². The Kier molecular flexibility index (Phi) is 5.29. The fourth-order valence-corrected chi connectivity index (χ4v) is 4.16. The molecular weight excluding hydrogens is 416 g/mol. The first-order valence-corrected chi connectivity index (χ1v) is 11.2. The first kappa shape index (κ1) is 21.1. The summed E-state index contributed by atoms with van der Waals surface area (Å²) in [6, 6.07) is 21.1. The number of fused-ring (bicyclic) bond motifs is 1. The standard InChI is InChI=1S/C27H26N2O4/c1-3-29(2)25(30)19-9-7-18(8-10-19)20-5-4-6-22(15-20)28-26(31)27(13-14-27)21-11-12-23-24(16-21)33-17-32-23/h4-12,15-16H,3,13-14,17H2,1-2H3,(H,28,31). The van der Waals surface area contributed by atoms with E-state index in [0.29, 0.717) is 17.9 Å². The molecule has 2 aliphatic rings. The van der Waals surface area contributed by atoms with Gasteiger partial charge in [0.25, 0.3) is 5.91 Å². The van der Waals surface area contributed by atoms with Crippen molar-refractivity contribution in [3.63, 3.8) is 0 Å². The summed E-state index contributed by atoms with van der Waals surface area (Å²) >= 11 is 0. The summed E-state index contributed by atoms with van der Waals surface area (Å²) in [6.45, 7) is 2.83. The van der Waals surface area contributed by atoms with Crippen molar-refractivity contribution in [2.45, 2.75) is 25.2 Å². The molecule has 1 N–H and O–H groups in total. The monoisotopic (exact) mass is 442 g/mol. The smallest absolute Gasteiger partial charge is 0.253 e. The highest BCUT2D eigenvalue weighted by molar-refractivity contribution is 6.02. The molecule has 33 heavy (non-hydrogen) atoms. The van der Waals surface area contributed by atoms with Crippen molar-refractivity contribution in [2.75, 3.05) is 25.7 Å². The summed E-state index contributed by atoms with van der Waals surface area (Å²) in [4.78, 5) is 27.3. The SMILES string of the molecule is CCN(C)C(=O)c1ccc(-c2cccc(NC(=O)C3(c4ccc5c(c4)OCO5)CC3)c2)cc1. The topological polar surface area (TPSA) is 67.9 Å². The van der Waals surface area contributed by atoms with Crippen LogP contribution >= 0.6 is 0 Å². The number of carbonyl (C=O) groups is 2. The van der Waals surface area contributed by atoms with E-state index < -0.39 is 5.41 Å². The largest absolute Gasteiger partial charge is 0.454 e. The second-order valence-electron chi connectivity index (χ2n) is 8.58. The van der Waals surface area contributed by atoms with Crippen molar-refractivity contribution in [1.29, 1.82) is 0 Å². The normalized spacial score (nSPS) is 15.1. The third-order valence-corrected chi connectivity index (χ3v) is 6.52. The highest BCUT2D eigenvalue weighted by Crippen LogP contribution is 2.51. The zero-order valence-corrected chi connectivity index (χ0v) is 18.8. The number of benzene rings is 3. The summed E-state index contributed by atoms with van der Waals surface area (Å²) in [7, 11) is 1.79. The van der Waals surface area contributed by atoms with Crippen molar-refractivity contribution in [1.82, 2.24) is 4.90 Å². The molecule has 1 aliphatic carbocycles. The molecule has 0 unspecified atom stereocenters. The van der Waals surface area contributed by atoms with Crippen LogP contribution in [0.25, 0.3) is 11.1 Å². The molecule has 2 amide bonds. The van der Waals surface area contributed by atoms with Gasteiger partial charge < -0.3 is 19.7 Å². The van der Waals surface area contributed by atoms with Gasteiger partial charge in [-0.05, 0) is 72.9 Å². The van der Waals surface area contributed by atoms with Crippen molar-refractivity contribution in [2.24, 2.45) is 0 Å². The average molecular weight is 443 g/mol. The van der Waals surface area contributed by atoms with Crippen molar-refractivity contribution >= 4 is 17.5 Å². The first-order valence-electron chi connectivity index (χ1n) is 11.2. The number of hydrogen-bond acceptors (Lipinski definition) is 4. The van der Waals surface area contributed by atoms with Gasteiger partial charge in [-0.1, -0.05) is 30.3 Å². The van der Waals surface area contributed by atoms with E-state index in [9.17, 15) is 9.59 Å². The Labute approximate surface area is 193 Å². The molecule has 0 spiro atoms. The zero-order chi connectivity index (χ0) is 23.0. The number of carbonyl (C=O) groups excluding carboxylic acids is 2. The molecule has 5 rings (SSSR count). The predicted octanol–water partition coefficient (Wildman–Crippen LogP) is 4.84. The first-order chi connectivity index (χ1) is 16.0. The third kappa shape index (κ3) is 3.93. The molecule has 1 heterocycles. The summed E-state index contributed by atoms with van der Waals surface area (Å²) in [6.07, 6.45) is 1.61. The van der Waals surface area contributed by atoms with Gasteiger partial charge in [0.15, 0.2) is 11.5 Å². The second-order valence-corrected chi connectivity index (χ2v) is 8.58. The Hall–Kier alpha value is -3.80. The fraction of sp³-hybridized carbons (Fsp3) is 0.259. The van der Waals surface area contributed by atoms with Crippen LogP contribution in [0.2, 0.25) is 0 Å². The fourth-order valence-electron chi connectivity index (χ4n) is 4.16. The molecular formula is C27H26N2O4. The quantitative estimate of drug-likeness (QED) is 0.593. The molecule has 168 valence electrons. The minimum Gasteiger partial charge on any atom is -0.454 e. The molecule has 1 saturated carbocycles. The third-order valence-electron chi connectivity index (χ3n) is 6.52. The summed E-state index contributed by atoms with van der Waals surface area (Å²) in [5.41, 5.74) is 3.80. The van der Waals surface area contributed by atoms with Crippen LogP contribution in [0, 0.1) is 0 Å². The number of ether oxygens (including phenoxy) is 2. The average Bonchev–Trinajstić information content (AvgIpc) is 3.54. The maximum Gasteiger partial charge on any atom is 0.253 e. The van der Waals surface area contributed by atoms with Crippen LogP contribution < -0.4 is 14.8 Å². The Morgan fingerprint density at radius 3 is 2.42 bits per heavy atom. The maximum absolute atomic E-state index is 13.2. The van der Waals surface area contributed by atoms with Crippen molar-refractivity contribution in [3.8, 4) is 22.6 Å². The van der Waals surface area contributed by atoms with E-state index in [-0.39, 0.29) is 18.6 Å². The summed E-state index contributed by atoms with van der Waals surface area (Å²) in [5.74, 6) is 1.41. The van der Waals surface area contributed by atoms with Gasteiger partial charge in [-0.3, -0.25) is 9.59 Å². The van der Waals surface area contributed by atoms with E-state index in [0.717, 1.165) is 41.0 Å². The molecule has 0 radical (unpaired) electrons. The zero-order valence-electron chi connectivity index (χ0n) is 18.8. The molecule has 1 fully saturated rings. The van der Waals surface area contributed by atoms with E-state index in [2.05, 4.69) is 5.32 Å². The van der Waals surface area contributed by atoms with Crippen LogP contribution in [0.5, 0.6) is 11.5 Å². The van der Waals surface area contributed by atoms with E-state index in [1.807, 2.05) is 73.7 Å². The van der Waals surface area contributed by atoms with Gasteiger partial charge >= 0.3 is 0 Å². The lowest BCUT2D eigenvalue weighted by Gasteiger charge is -2.17. The Balaban J connectivity index is 1.33. The van der Waals surface area contributed by atoms with Crippen molar-refractivity contribution in [3.05, 3.63) is 77.9 Å². The predicted molar refractivity (Wildman–Crippen MR) is 127 cm³/mol. The van der Waals surface area contributed by atoms with Gasteiger partial charge in [0, 0.05) is 24.8 Å². The van der Waals surface area contributed by atoms with Crippen LogP contribution in [0.1, 0.15) is 35.7 Å². The number of amides is 2. The lowest BCUT2D eigenvalue weighted by Crippen LogP contribution is -2.27. The van der Waals surface area contributed by atoms with E-state index in [1.165, 1.54) is 0 Å². The number of nitrogens with one attached hydrogen (secondary N) is 1. The van der Waals surface area contributed by atoms with Crippen LogP contribution in [0.15, 0.2) is 66.7 Å². The van der Waals surface area contributed by atoms with Gasteiger partial charge in [0.1, 0.15) is 0 Å². The van der Waals surface area contributed by atoms with Crippen LogP contribution in [-0.4, -0.2) is 37.1 Å². The Morgan fingerprint density at radius 2 is 1.70 bits per heavy atom. The molecule has 0 aromatic heterocycles. The summed E-state index contributed by atoms with van der Waals surface area (Å²) < 4.78 is 10.9. The molecule has 3 aromatic carbocycles. The second kappa shape index (κ2) is 8.28. The van der Waals surface area contributed by atoms with Gasteiger partial charge in [0.05, 0.1) is 5.41 Å². The molecule has 1 aliphatic heterocycles. The lowest BCUT2D eigenvalue weighted by molar-refractivity contribution is -0.118. The van der Waals surface area contributed by atoms with Crippen molar-refractivity contribution < 1.29 is 19.1 Å². The molecule has 6 heteroatoms. The lowest BCUT2D eigenvalue weighted by atomic mass is 9.94. The van der Waals surface area contributed by atoms with Crippen LogP contribution in [0.4, 0.5) is 5.69 Å². The molecule has 0 atom stereocenters. The minimum absolute atomic E-state index is 0.00307. The number of rotatable bonds is 6. The number of nitrogens with zero attached hydrogens (tertiary/aromatic N) is 1. The minimum atomic E-state index is -0.524. The van der Waals surface area contributed by atoms with Gasteiger partial charge in [-0.15, -0.1) is 0 Å². The number of hydrogen-bond donors (Lipinski definition) is 1. The van der Waals surface area contributed by atoms with Gasteiger partial charge in [-0.2, -0.15) is 0 Å². The van der Waals surface area contributed by atoms with Crippen LogP contribution in [-0.2, 0) is 10.2 Å². The number of anilines is 1. The summed E-state index contributed by atoms with van der Waals surface area (Å²) in [5, 5.41) is 3.10. The van der Waals surface area contributed by atoms with Crippen LogP contribution in [0.3, 0.4) is 0 Å². The highest BCUT2D eigenvalue weighted by Gasteiger charge is 2.51. The van der Waals surface area contributed by atoms with Gasteiger partial charge in [-0.25, -0.2) is 0 Å². The van der Waals surface area contributed by atoms with E-state index in [1.54, 1.807) is 11.9 Å². The molecule has 3 aromatic rings. The van der Waals surface area contributed by atoms with E-state index in [4.69, 9.17) is 9.47 Å².